The van der Waals surface area contributed by atoms with Crippen molar-refractivity contribution in [3.05, 3.63) is 88.1 Å². The molecule has 0 saturated heterocycles. The maximum atomic E-state index is 12.6. The number of amides is 1. The largest absolute Gasteiger partial charge is 0.496 e. The van der Waals surface area contributed by atoms with Crippen molar-refractivity contribution >= 4 is 51.3 Å². The van der Waals surface area contributed by atoms with E-state index in [2.05, 4.69) is 5.32 Å². The van der Waals surface area contributed by atoms with Gasteiger partial charge in [-0.05, 0) is 49.8 Å². The summed E-state index contributed by atoms with van der Waals surface area (Å²) in [6, 6.07) is 16.6. The Kier molecular flexibility index (Phi) is 6.26. The summed E-state index contributed by atoms with van der Waals surface area (Å²) < 4.78 is 11.6. The van der Waals surface area contributed by atoms with Crippen LogP contribution >= 0.6 is 23.2 Å². The average molecular weight is 466 g/mol. The van der Waals surface area contributed by atoms with Crippen molar-refractivity contribution in [2.75, 3.05) is 12.4 Å². The van der Waals surface area contributed by atoms with E-state index in [-0.39, 0.29) is 5.91 Å². The second-order valence-corrected chi connectivity index (χ2v) is 8.26. The van der Waals surface area contributed by atoms with Crippen molar-refractivity contribution in [2.45, 2.75) is 13.8 Å². The molecule has 0 unspecified atom stereocenters. The summed E-state index contributed by atoms with van der Waals surface area (Å²) in [6.07, 6.45) is 3.24. The van der Waals surface area contributed by atoms with Gasteiger partial charge in [0.1, 0.15) is 11.3 Å². The SMILES string of the molecule is COc1c(/C(C)=C/C(=O)Nc2ccccc2)cc2c(-c3ccc(Cl)cc3Cl)coc2c1C. The van der Waals surface area contributed by atoms with E-state index < -0.39 is 0 Å². The van der Waals surface area contributed by atoms with Crippen LogP contribution in [0, 0.1) is 6.92 Å². The molecule has 162 valence electrons. The number of hydrogen-bond acceptors (Lipinski definition) is 3. The Balaban J connectivity index is 1.80. The van der Waals surface area contributed by atoms with Gasteiger partial charge in [-0.3, -0.25) is 4.79 Å². The molecule has 0 aliphatic heterocycles. The zero-order valence-electron chi connectivity index (χ0n) is 17.8. The summed E-state index contributed by atoms with van der Waals surface area (Å²) >= 11 is 12.5. The summed E-state index contributed by atoms with van der Waals surface area (Å²) in [5.74, 6) is 0.434. The summed E-state index contributed by atoms with van der Waals surface area (Å²) in [5, 5.41) is 4.84. The van der Waals surface area contributed by atoms with Crippen LogP contribution in [0.3, 0.4) is 0 Å². The number of furan rings is 1. The molecule has 0 fully saturated rings. The minimum atomic E-state index is -0.221. The van der Waals surface area contributed by atoms with Crippen molar-refractivity contribution in [3.63, 3.8) is 0 Å². The van der Waals surface area contributed by atoms with Crippen LogP contribution < -0.4 is 10.1 Å². The number of halogens is 2. The first-order chi connectivity index (χ1) is 15.4. The van der Waals surface area contributed by atoms with Gasteiger partial charge in [-0.15, -0.1) is 0 Å². The lowest BCUT2D eigenvalue weighted by molar-refractivity contribution is -0.111. The second kappa shape index (κ2) is 9.11. The summed E-state index contributed by atoms with van der Waals surface area (Å²) in [6.45, 7) is 3.81. The molecule has 0 aliphatic carbocycles. The molecule has 3 aromatic carbocycles. The third-order valence-corrected chi connectivity index (χ3v) is 5.83. The van der Waals surface area contributed by atoms with Crippen LogP contribution in [0.5, 0.6) is 5.75 Å². The van der Waals surface area contributed by atoms with Gasteiger partial charge in [-0.25, -0.2) is 0 Å². The monoisotopic (exact) mass is 465 g/mol. The molecule has 32 heavy (non-hydrogen) atoms. The fourth-order valence-electron chi connectivity index (χ4n) is 3.76. The van der Waals surface area contributed by atoms with Crippen LogP contribution in [-0.2, 0) is 4.79 Å². The molecule has 1 aromatic heterocycles. The minimum Gasteiger partial charge on any atom is -0.496 e. The van der Waals surface area contributed by atoms with Crippen molar-refractivity contribution in [1.82, 2.24) is 0 Å². The number of carbonyl (C=O) groups excluding carboxylic acids is 1. The number of rotatable bonds is 5. The Morgan fingerprint density at radius 3 is 2.50 bits per heavy atom. The summed E-state index contributed by atoms with van der Waals surface area (Å²) in [5.41, 5.74) is 5.49. The number of aryl methyl sites for hydroxylation is 1. The van der Waals surface area contributed by atoms with Gasteiger partial charge < -0.3 is 14.5 Å². The van der Waals surface area contributed by atoms with Gasteiger partial charge in [-0.1, -0.05) is 47.5 Å². The quantitative estimate of drug-likeness (QED) is 0.306. The molecule has 4 nitrogen and oxygen atoms in total. The van der Waals surface area contributed by atoms with Crippen molar-refractivity contribution in [3.8, 4) is 16.9 Å². The highest BCUT2D eigenvalue weighted by molar-refractivity contribution is 6.36. The Morgan fingerprint density at radius 1 is 1.06 bits per heavy atom. The fraction of sp³-hybridized carbons (Fsp3) is 0.115. The first kappa shape index (κ1) is 22.0. The van der Waals surface area contributed by atoms with Crippen LogP contribution in [-0.4, -0.2) is 13.0 Å². The third-order valence-electron chi connectivity index (χ3n) is 5.28. The minimum absolute atomic E-state index is 0.221. The van der Waals surface area contributed by atoms with Crippen molar-refractivity contribution < 1.29 is 13.9 Å². The standard InChI is InChI=1S/C26H21Cl2NO3/c1-15(11-24(30)29-18-7-5-4-6-8-18)20-13-21-22(19-10-9-17(27)12-23(19)28)14-32-26(21)16(2)25(20)31-3/h4-14H,1-3H3,(H,29,30)/b15-11+. The van der Waals surface area contributed by atoms with Gasteiger partial charge in [0.25, 0.3) is 0 Å². The van der Waals surface area contributed by atoms with E-state index in [0.717, 1.165) is 38.9 Å². The van der Waals surface area contributed by atoms with E-state index in [1.54, 1.807) is 31.6 Å². The van der Waals surface area contributed by atoms with Gasteiger partial charge in [0.2, 0.25) is 5.91 Å². The summed E-state index contributed by atoms with van der Waals surface area (Å²) in [4.78, 5) is 12.6. The predicted molar refractivity (Wildman–Crippen MR) is 132 cm³/mol. The molecule has 0 spiro atoms. The van der Waals surface area contributed by atoms with Crippen LogP contribution in [0.15, 0.2) is 71.4 Å². The highest BCUT2D eigenvalue weighted by Crippen LogP contribution is 2.42. The van der Waals surface area contributed by atoms with Crippen LogP contribution in [0.4, 0.5) is 5.69 Å². The molecule has 0 aliphatic rings. The van der Waals surface area contributed by atoms with E-state index in [1.807, 2.05) is 56.3 Å². The molecular weight excluding hydrogens is 445 g/mol. The molecular formula is C26H21Cl2NO3. The highest BCUT2D eigenvalue weighted by Gasteiger charge is 2.20. The molecule has 1 amide bonds. The molecule has 0 bridgehead atoms. The van der Waals surface area contributed by atoms with Gasteiger partial charge in [0.05, 0.1) is 18.4 Å². The molecule has 1 N–H and O–H groups in total. The predicted octanol–water partition coefficient (Wildman–Crippen LogP) is 7.77. The maximum absolute atomic E-state index is 12.6. The molecule has 0 radical (unpaired) electrons. The number of nitrogens with one attached hydrogen (secondary N) is 1. The van der Waals surface area contributed by atoms with E-state index in [4.69, 9.17) is 32.4 Å². The van der Waals surface area contributed by atoms with Crippen molar-refractivity contribution in [2.24, 2.45) is 0 Å². The zero-order valence-corrected chi connectivity index (χ0v) is 19.3. The number of anilines is 1. The number of para-hydroxylation sites is 1. The molecule has 6 heteroatoms. The fourth-order valence-corrected chi connectivity index (χ4v) is 4.27. The summed E-state index contributed by atoms with van der Waals surface area (Å²) in [7, 11) is 1.61. The number of carbonyl (C=O) groups is 1. The first-order valence-electron chi connectivity index (χ1n) is 9.98. The average Bonchev–Trinajstić information content (AvgIpc) is 3.18. The first-order valence-corrected chi connectivity index (χ1v) is 10.7. The maximum Gasteiger partial charge on any atom is 0.248 e. The van der Waals surface area contributed by atoms with Crippen molar-refractivity contribution in [1.29, 1.82) is 0 Å². The number of ether oxygens (including phenoxy) is 1. The van der Waals surface area contributed by atoms with E-state index in [1.165, 1.54) is 0 Å². The normalized spacial score (nSPS) is 11.6. The number of methoxy groups -OCH3 is 1. The third kappa shape index (κ3) is 4.24. The van der Waals surface area contributed by atoms with Crippen LogP contribution in [0.25, 0.3) is 27.7 Å². The number of fused-ring (bicyclic) bond motifs is 1. The Morgan fingerprint density at radius 2 is 1.81 bits per heavy atom. The second-order valence-electron chi connectivity index (χ2n) is 7.42. The number of allylic oxidation sites excluding steroid dienone is 1. The van der Waals surface area contributed by atoms with Gasteiger partial charge in [0, 0.05) is 44.4 Å². The Hall–Kier alpha value is -3.21. The van der Waals surface area contributed by atoms with Crippen LogP contribution in [0.1, 0.15) is 18.1 Å². The lowest BCUT2D eigenvalue weighted by Gasteiger charge is -2.13. The van der Waals surface area contributed by atoms with Gasteiger partial charge in [0.15, 0.2) is 0 Å². The smallest absolute Gasteiger partial charge is 0.248 e. The highest BCUT2D eigenvalue weighted by atomic mass is 35.5. The lowest BCUT2D eigenvalue weighted by Crippen LogP contribution is -2.08. The van der Waals surface area contributed by atoms with Gasteiger partial charge in [-0.2, -0.15) is 0 Å². The topological polar surface area (TPSA) is 51.5 Å². The molecule has 4 aromatic rings. The number of hydrogen-bond donors (Lipinski definition) is 1. The number of benzene rings is 3. The Bertz CT molecular complexity index is 1340. The van der Waals surface area contributed by atoms with E-state index in [0.29, 0.717) is 21.4 Å². The zero-order chi connectivity index (χ0) is 22.8. The molecule has 4 rings (SSSR count). The van der Waals surface area contributed by atoms with Crippen LogP contribution in [0.2, 0.25) is 10.0 Å². The van der Waals surface area contributed by atoms with E-state index in [9.17, 15) is 4.79 Å². The molecule has 0 saturated carbocycles. The molecule has 0 atom stereocenters. The Labute approximate surface area is 196 Å². The molecule has 1 heterocycles. The van der Waals surface area contributed by atoms with Gasteiger partial charge >= 0.3 is 0 Å². The van der Waals surface area contributed by atoms with E-state index >= 15 is 0 Å². The lowest BCUT2D eigenvalue weighted by atomic mass is 9.96.